The van der Waals surface area contributed by atoms with Crippen molar-refractivity contribution in [1.82, 2.24) is 4.98 Å². The molecule has 0 radical (unpaired) electrons. The first-order chi connectivity index (χ1) is 10.7. The van der Waals surface area contributed by atoms with Crippen molar-refractivity contribution < 1.29 is 19.1 Å². The summed E-state index contributed by atoms with van der Waals surface area (Å²) in [6, 6.07) is 7.47. The van der Waals surface area contributed by atoms with Gasteiger partial charge in [0.15, 0.2) is 0 Å². The SMILES string of the molecule is CCCCOC(=O)/C=C/c1c(C(=O)OC)[nH]c2ccccc12. The number of aromatic amines is 1. The van der Waals surface area contributed by atoms with E-state index in [1.54, 1.807) is 6.08 Å². The summed E-state index contributed by atoms with van der Waals surface area (Å²) in [6.45, 7) is 2.43. The van der Waals surface area contributed by atoms with Gasteiger partial charge in [-0.15, -0.1) is 0 Å². The Morgan fingerprint density at radius 1 is 1.27 bits per heavy atom. The minimum Gasteiger partial charge on any atom is -0.464 e. The average Bonchev–Trinajstić information content (AvgIpc) is 2.91. The molecule has 0 aliphatic rings. The summed E-state index contributed by atoms with van der Waals surface area (Å²) in [5, 5.41) is 0.848. The first-order valence-electron chi connectivity index (χ1n) is 7.21. The van der Waals surface area contributed by atoms with Crippen molar-refractivity contribution in [3.63, 3.8) is 0 Å². The van der Waals surface area contributed by atoms with Crippen molar-refractivity contribution in [3.05, 3.63) is 41.6 Å². The summed E-state index contributed by atoms with van der Waals surface area (Å²) in [7, 11) is 1.32. The van der Waals surface area contributed by atoms with Crippen LogP contribution >= 0.6 is 0 Å². The second-order valence-electron chi connectivity index (χ2n) is 4.81. The zero-order valence-electron chi connectivity index (χ0n) is 12.7. The molecule has 1 heterocycles. The molecule has 0 spiro atoms. The maximum atomic E-state index is 11.9. The van der Waals surface area contributed by atoms with Gasteiger partial charge in [-0.1, -0.05) is 31.5 Å². The van der Waals surface area contributed by atoms with Gasteiger partial charge in [0.2, 0.25) is 0 Å². The van der Waals surface area contributed by atoms with E-state index in [-0.39, 0.29) is 0 Å². The lowest BCUT2D eigenvalue weighted by atomic mass is 10.1. The Morgan fingerprint density at radius 3 is 2.77 bits per heavy atom. The van der Waals surface area contributed by atoms with Crippen LogP contribution in [-0.4, -0.2) is 30.6 Å². The van der Waals surface area contributed by atoms with Crippen LogP contribution in [0.1, 0.15) is 35.8 Å². The van der Waals surface area contributed by atoms with Gasteiger partial charge in [0.05, 0.1) is 13.7 Å². The molecule has 0 fully saturated rings. The van der Waals surface area contributed by atoms with Gasteiger partial charge in [0.25, 0.3) is 0 Å². The number of nitrogens with one attached hydrogen (secondary N) is 1. The molecule has 1 aromatic carbocycles. The average molecular weight is 301 g/mol. The third kappa shape index (κ3) is 3.55. The molecule has 0 unspecified atom stereocenters. The van der Waals surface area contributed by atoms with Crippen molar-refractivity contribution in [3.8, 4) is 0 Å². The van der Waals surface area contributed by atoms with Gasteiger partial charge < -0.3 is 14.5 Å². The molecule has 1 N–H and O–H groups in total. The molecular formula is C17H19NO4. The van der Waals surface area contributed by atoms with E-state index in [9.17, 15) is 9.59 Å². The topological polar surface area (TPSA) is 68.4 Å². The lowest BCUT2D eigenvalue weighted by Gasteiger charge is -2.00. The van der Waals surface area contributed by atoms with Gasteiger partial charge in [-0.2, -0.15) is 0 Å². The first-order valence-corrected chi connectivity index (χ1v) is 7.21. The highest BCUT2D eigenvalue weighted by atomic mass is 16.5. The van der Waals surface area contributed by atoms with Crippen LogP contribution in [0.25, 0.3) is 17.0 Å². The molecule has 2 rings (SSSR count). The third-order valence-corrected chi connectivity index (χ3v) is 3.26. The van der Waals surface area contributed by atoms with E-state index in [0.717, 1.165) is 23.7 Å². The maximum absolute atomic E-state index is 11.9. The van der Waals surface area contributed by atoms with E-state index < -0.39 is 11.9 Å². The Morgan fingerprint density at radius 2 is 2.05 bits per heavy atom. The number of H-pyrrole nitrogens is 1. The smallest absolute Gasteiger partial charge is 0.355 e. The van der Waals surface area contributed by atoms with Crippen LogP contribution in [0.5, 0.6) is 0 Å². The number of carbonyl (C=O) groups is 2. The summed E-state index contributed by atoms with van der Waals surface area (Å²) >= 11 is 0. The highest BCUT2D eigenvalue weighted by Crippen LogP contribution is 2.24. The molecule has 0 aliphatic carbocycles. The van der Waals surface area contributed by atoms with Crippen molar-refractivity contribution in [2.75, 3.05) is 13.7 Å². The standard InChI is InChI=1S/C17H19NO4/c1-3-4-11-22-15(19)10-9-13-12-7-5-6-8-14(12)18-16(13)17(20)21-2/h5-10,18H,3-4,11H2,1-2H3/b10-9+. The van der Waals surface area contributed by atoms with Crippen LogP contribution < -0.4 is 0 Å². The molecule has 116 valence electrons. The summed E-state index contributed by atoms with van der Waals surface area (Å²) in [5.41, 5.74) is 1.75. The minimum absolute atomic E-state index is 0.321. The highest BCUT2D eigenvalue weighted by Gasteiger charge is 2.16. The number of fused-ring (bicyclic) bond motifs is 1. The zero-order chi connectivity index (χ0) is 15.9. The van der Waals surface area contributed by atoms with E-state index in [1.807, 2.05) is 31.2 Å². The summed E-state index contributed by atoms with van der Waals surface area (Å²) in [4.78, 5) is 26.5. The third-order valence-electron chi connectivity index (χ3n) is 3.26. The lowest BCUT2D eigenvalue weighted by molar-refractivity contribution is -0.137. The normalized spacial score (nSPS) is 11.0. The molecule has 0 amide bonds. The molecule has 0 saturated carbocycles. The number of rotatable bonds is 6. The number of ether oxygens (including phenoxy) is 2. The molecule has 1 aromatic heterocycles. The predicted molar refractivity (Wildman–Crippen MR) is 84.5 cm³/mol. The fourth-order valence-electron chi connectivity index (χ4n) is 2.12. The summed E-state index contributed by atoms with van der Waals surface area (Å²) in [6.07, 6.45) is 4.71. The van der Waals surface area contributed by atoms with Gasteiger partial charge in [-0.05, 0) is 18.6 Å². The Kier molecular flexibility index (Phi) is 5.36. The van der Waals surface area contributed by atoms with Crippen molar-refractivity contribution >= 4 is 28.9 Å². The minimum atomic E-state index is -0.477. The number of esters is 2. The second-order valence-corrected chi connectivity index (χ2v) is 4.81. The predicted octanol–water partition coefficient (Wildman–Crippen LogP) is 3.31. The quantitative estimate of drug-likeness (QED) is 0.505. The molecular weight excluding hydrogens is 282 g/mol. The van der Waals surface area contributed by atoms with E-state index in [4.69, 9.17) is 9.47 Å². The number of carbonyl (C=O) groups excluding carboxylic acids is 2. The van der Waals surface area contributed by atoms with Gasteiger partial charge in [0.1, 0.15) is 5.69 Å². The largest absolute Gasteiger partial charge is 0.464 e. The monoisotopic (exact) mass is 301 g/mol. The fraction of sp³-hybridized carbons (Fsp3) is 0.294. The Labute approximate surface area is 128 Å². The Balaban J connectivity index is 2.28. The van der Waals surface area contributed by atoms with Gasteiger partial charge in [0, 0.05) is 22.5 Å². The number of hydrogen-bond donors (Lipinski definition) is 1. The van der Waals surface area contributed by atoms with Crippen LogP contribution in [0.2, 0.25) is 0 Å². The number of benzene rings is 1. The van der Waals surface area contributed by atoms with E-state index in [0.29, 0.717) is 17.9 Å². The van der Waals surface area contributed by atoms with E-state index >= 15 is 0 Å². The van der Waals surface area contributed by atoms with Crippen molar-refractivity contribution in [2.24, 2.45) is 0 Å². The lowest BCUT2D eigenvalue weighted by Crippen LogP contribution is -2.04. The Bertz CT molecular complexity index is 700. The van der Waals surface area contributed by atoms with Crippen LogP contribution in [-0.2, 0) is 14.3 Å². The molecule has 0 saturated heterocycles. The number of aromatic nitrogens is 1. The van der Waals surface area contributed by atoms with Gasteiger partial charge >= 0.3 is 11.9 Å². The number of unbranched alkanes of at least 4 members (excludes halogenated alkanes) is 1. The van der Waals surface area contributed by atoms with Gasteiger partial charge in [-0.3, -0.25) is 0 Å². The Hall–Kier alpha value is -2.56. The van der Waals surface area contributed by atoms with E-state index in [2.05, 4.69) is 4.98 Å². The first kappa shape index (κ1) is 15.8. The summed E-state index contributed by atoms with van der Waals surface area (Å²) < 4.78 is 9.84. The summed E-state index contributed by atoms with van der Waals surface area (Å²) in [5.74, 6) is -0.898. The fourth-order valence-corrected chi connectivity index (χ4v) is 2.12. The van der Waals surface area contributed by atoms with Crippen LogP contribution in [0, 0.1) is 0 Å². The van der Waals surface area contributed by atoms with Crippen LogP contribution in [0.15, 0.2) is 30.3 Å². The molecule has 0 aliphatic heterocycles. The van der Waals surface area contributed by atoms with Crippen LogP contribution in [0.3, 0.4) is 0 Å². The zero-order valence-corrected chi connectivity index (χ0v) is 12.7. The molecule has 22 heavy (non-hydrogen) atoms. The highest BCUT2D eigenvalue weighted by molar-refractivity contribution is 6.04. The van der Waals surface area contributed by atoms with Crippen molar-refractivity contribution in [2.45, 2.75) is 19.8 Å². The van der Waals surface area contributed by atoms with Crippen molar-refractivity contribution in [1.29, 1.82) is 0 Å². The molecule has 2 aromatic rings. The molecule has 5 heteroatoms. The number of methoxy groups -OCH3 is 1. The molecule has 0 bridgehead atoms. The van der Waals surface area contributed by atoms with E-state index in [1.165, 1.54) is 13.2 Å². The molecule has 0 atom stereocenters. The number of para-hydroxylation sites is 1. The second kappa shape index (κ2) is 7.45. The van der Waals surface area contributed by atoms with Gasteiger partial charge in [-0.25, -0.2) is 9.59 Å². The molecule has 5 nitrogen and oxygen atoms in total. The maximum Gasteiger partial charge on any atom is 0.355 e. The number of hydrogen-bond acceptors (Lipinski definition) is 4. The van der Waals surface area contributed by atoms with Crippen LogP contribution in [0.4, 0.5) is 0 Å².